The van der Waals surface area contributed by atoms with Crippen molar-refractivity contribution in [1.29, 1.82) is 0 Å². The minimum absolute atomic E-state index is 0.0435. The number of carbonyl (C=O) groups is 2. The van der Waals surface area contributed by atoms with Gasteiger partial charge < -0.3 is 15.5 Å². The van der Waals surface area contributed by atoms with E-state index < -0.39 is 5.54 Å². The highest BCUT2D eigenvalue weighted by Crippen LogP contribution is 2.54. The number of nitrogens with one attached hydrogen (secondary N) is 2. The van der Waals surface area contributed by atoms with E-state index in [1.807, 2.05) is 23.1 Å². The van der Waals surface area contributed by atoms with Gasteiger partial charge >= 0.3 is 0 Å². The number of nitrogens with zero attached hydrogens (tertiary/aromatic N) is 1. The molecule has 2 amide bonds. The minimum Gasteiger partial charge on any atom is -0.364 e. The molecule has 1 aromatic carbocycles. The molecule has 5 heterocycles. The number of piperazine rings is 1. The second kappa shape index (κ2) is 3.16. The fraction of sp³-hybridized carbons (Fsp3) is 0.467. The quantitative estimate of drug-likeness (QED) is 0.732. The van der Waals surface area contributed by atoms with Crippen molar-refractivity contribution in [3.05, 3.63) is 29.8 Å². The summed E-state index contributed by atoms with van der Waals surface area (Å²) < 4.78 is 0. The van der Waals surface area contributed by atoms with Gasteiger partial charge in [0.2, 0.25) is 11.8 Å². The Hall–Kier alpha value is -2.04. The number of para-hydroxylation sites is 1. The molecule has 0 radical (unpaired) electrons. The van der Waals surface area contributed by atoms with Gasteiger partial charge in [-0.2, -0.15) is 0 Å². The summed E-state index contributed by atoms with van der Waals surface area (Å²) in [6.07, 6.45) is 2.27. The van der Waals surface area contributed by atoms with E-state index in [4.69, 9.17) is 0 Å². The topological polar surface area (TPSA) is 61.4 Å². The Morgan fingerprint density at radius 1 is 1.20 bits per heavy atom. The van der Waals surface area contributed by atoms with Gasteiger partial charge in [-0.3, -0.25) is 9.59 Å². The molecule has 4 unspecified atom stereocenters. The Morgan fingerprint density at radius 2 is 2.05 bits per heavy atom. The summed E-state index contributed by atoms with van der Waals surface area (Å²) in [6, 6.07) is 7.87. The Bertz CT molecular complexity index is 658. The first kappa shape index (κ1) is 10.7. The highest BCUT2D eigenvalue weighted by Gasteiger charge is 2.66. The number of hydrogen-bond donors (Lipinski definition) is 2. The van der Waals surface area contributed by atoms with Crippen LogP contribution in [0, 0.1) is 0 Å². The van der Waals surface area contributed by atoms with Gasteiger partial charge in [-0.25, -0.2) is 0 Å². The number of hydrogen-bond acceptors (Lipinski definition) is 3. The van der Waals surface area contributed by atoms with Crippen molar-refractivity contribution in [3.63, 3.8) is 0 Å². The summed E-state index contributed by atoms with van der Waals surface area (Å²) in [5.41, 5.74) is 1.74. The first-order chi connectivity index (χ1) is 9.71. The molecular formula is C15H15N3O2. The van der Waals surface area contributed by atoms with Gasteiger partial charge in [0.25, 0.3) is 0 Å². The number of piperidine rings is 2. The molecule has 5 nitrogen and oxygen atoms in total. The summed E-state index contributed by atoms with van der Waals surface area (Å²) in [4.78, 5) is 26.8. The van der Waals surface area contributed by atoms with Gasteiger partial charge in [-0.15, -0.1) is 0 Å². The highest BCUT2D eigenvalue weighted by molar-refractivity contribution is 6.02. The smallest absolute Gasteiger partial charge is 0.247 e. The van der Waals surface area contributed by atoms with Crippen LogP contribution in [0.4, 0.5) is 5.69 Å². The van der Waals surface area contributed by atoms with Crippen LogP contribution in [0.15, 0.2) is 24.3 Å². The summed E-state index contributed by atoms with van der Waals surface area (Å²) in [5, 5.41) is 6.33. The van der Waals surface area contributed by atoms with Crippen LogP contribution < -0.4 is 10.6 Å². The SMILES string of the molecule is O=C1C2CCC3(CC4c5ccccc5NC4N13)C(=O)N2. The van der Waals surface area contributed by atoms with Crippen molar-refractivity contribution in [2.75, 3.05) is 5.32 Å². The molecule has 20 heavy (non-hydrogen) atoms. The third kappa shape index (κ3) is 0.994. The number of fused-ring (bicyclic) bond motifs is 5. The Morgan fingerprint density at radius 3 is 2.90 bits per heavy atom. The van der Waals surface area contributed by atoms with E-state index in [0.29, 0.717) is 0 Å². The standard InChI is InChI=1S/C15H15N3O2/c19-13-11-5-6-15(14(20)17-11)7-9-8-3-1-2-4-10(8)16-12(9)18(13)15/h1-4,9,11-12,16H,5-7H2,(H,17,20). The fourth-order valence-electron chi connectivity index (χ4n) is 4.56. The fourth-order valence-corrected chi connectivity index (χ4v) is 4.56. The molecule has 4 saturated heterocycles. The molecular weight excluding hydrogens is 254 g/mol. The number of anilines is 1. The third-order valence-corrected chi connectivity index (χ3v) is 5.45. The lowest BCUT2D eigenvalue weighted by Crippen LogP contribution is -2.74. The van der Waals surface area contributed by atoms with Crippen LogP contribution in [0.1, 0.15) is 30.7 Å². The van der Waals surface area contributed by atoms with Crippen LogP contribution in [0.2, 0.25) is 0 Å². The van der Waals surface area contributed by atoms with Gasteiger partial charge in [0, 0.05) is 11.6 Å². The van der Waals surface area contributed by atoms with Gasteiger partial charge in [0.05, 0.1) is 0 Å². The molecule has 1 aromatic rings. The van der Waals surface area contributed by atoms with E-state index in [0.717, 1.165) is 24.9 Å². The maximum absolute atomic E-state index is 12.6. The molecule has 5 aliphatic rings. The Balaban J connectivity index is 1.66. The first-order valence-electron chi connectivity index (χ1n) is 7.20. The zero-order valence-corrected chi connectivity index (χ0v) is 10.9. The zero-order chi connectivity index (χ0) is 13.5. The van der Waals surface area contributed by atoms with Crippen molar-refractivity contribution in [2.45, 2.75) is 42.9 Å². The molecule has 0 saturated carbocycles. The summed E-state index contributed by atoms with van der Waals surface area (Å²) in [7, 11) is 0. The molecule has 0 aliphatic carbocycles. The molecule has 0 aromatic heterocycles. The molecule has 4 atom stereocenters. The van der Waals surface area contributed by atoms with E-state index in [9.17, 15) is 9.59 Å². The summed E-state index contributed by atoms with van der Waals surface area (Å²) >= 11 is 0. The minimum atomic E-state index is -0.609. The lowest BCUT2D eigenvalue weighted by molar-refractivity contribution is -0.162. The Kier molecular flexibility index (Phi) is 1.69. The number of amides is 2. The van der Waals surface area contributed by atoms with Crippen molar-refractivity contribution in [3.8, 4) is 0 Å². The normalized spacial score (nSPS) is 40.0. The molecule has 2 bridgehead atoms. The third-order valence-electron chi connectivity index (χ3n) is 5.45. The van der Waals surface area contributed by atoms with Gasteiger partial charge in [-0.05, 0) is 30.9 Å². The van der Waals surface area contributed by atoms with Crippen LogP contribution in [-0.4, -0.2) is 34.5 Å². The summed E-state index contributed by atoms with van der Waals surface area (Å²) in [6.45, 7) is 0. The van der Waals surface area contributed by atoms with Crippen molar-refractivity contribution < 1.29 is 9.59 Å². The van der Waals surface area contributed by atoms with Crippen molar-refractivity contribution in [2.24, 2.45) is 0 Å². The second-order valence-corrected chi connectivity index (χ2v) is 6.29. The lowest BCUT2D eigenvalue weighted by atomic mass is 9.77. The maximum Gasteiger partial charge on any atom is 0.247 e. The molecule has 4 fully saturated rings. The number of benzene rings is 1. The predicted molar refractivity (Wildman–Crippen MR) is 72.0 cm³/mol. The van der Waals surface area contributed by atoms with E-state index in [-0.39, 0.29) is 29.9 Å². The van der Waals surface area contributed by atoms with Crippen LogP contribution in [0.5, 0.6) is 0 Å². The Labute approximate surface area is 116 Å². The molecule has 6 rings (SSSR count). The van der Waals surface area contributed by atoms with Crippen molar-refractivity contribution >= 4 is 17.5 Å². The van der Waals surface area contributed by atoms with Gasteiger partial charge in [0.1, 0.15) is 17.7 Å². The van der Waals surface area contributed by atoms with E-state index in [2.05, 4.69) is 16.7 Å². The monoisotopic (exact) mass is 269 g/mol. The first-order valence-corrected chi connectivity index (χ1v) is 7.20. The average molecular weight is 269 g/mol. The van der Waals surface area contributed by atoms with Crippen LogP contribution in [0.25, 0.3) is 0 Å². The summed E-state index contributed by atoms with van der Waals surface area (Å²) in [5.74, 6) is 0.364. The molecule has 5 heteroatoms. The second-order valence-electron chi connectivity index (χ2n) is 6.29. The van der Waals surface area contributed by atoms with E-state index in [1.165, 1.54) is 5.56 Å². The average Bonchev–Trinajstić information content (AvgIpc) is 2.95. The highest BCUT2D eigenvalue weighted by atomic mass is 16.2. The zero-order valence-electron chi connectivity index (χ0n) is 10.9. The number of carbonyl (C=O) groups excluding carboxylic acids is 2. The molecule has 5 aliphatic heterocycles. The maximum atomic E-state index is 12.6. The van der Waals surface area contributed by atoms with Gasteiger partial charge in [0.15, 0.2) is 0 Å². The van der Waals surface area contributed by atoms with Crippen LogP contribution in [-0.2, 0) is 9.59 Å². The van der Waals surface area contributed by atoms with Crippen LogP contribution in [0.3, 0.4) is 0 Å². The van der Waals surface area contributed by atoms with E-state index >= 15 is 0 Å². The van der Waals surface area contributed by atoms with E-state index in [1.54, 1.807) is 0 Å². The van der Waals surface area contributed by atoms with Gasteiger partial charge in [-0.1, -0.05) is 18.2 Å². The molecule has 1 spiro atoms. The molecule has 102 valence electrons. The lowest BCUT2D eigenvalue weighted by Gasteiger charge is -2.50. The largest absolute Gasteiger partial charge is 0.364 e. The van der Waals surface area contributed by atoms with Crippen LogP contribution >= 0.6 is 0 Å². The molecule has 2 N–H and O–H groups in total. The predicted octanol–water partition coefficient (Wildman–Crippen LogP) is 0.785. The van der Waals surface area contributed by atoms with Crippen molar-refractivity contribution in [1.82, 2.24) is 10.2 Å². The number of rotatable bonds is 0.